The van der Waals surface area contributed by atoms with Crippen LogP contribution in [0.4, 0.5) is 0 Å². The maximum absolute atomic E-state index is 5.78. The molecule has 3 heterocycles. The highest BCUT2D eigenvalue weighted by Gasteiger charge is 2.08. The quantitative estimate of drug-likeness (QED) is 0.472. The van der Waals surface area contributed by atoms with Crippen molar-refractivity contribution in [3.63, 3.8) is 0 Å². The molecule has 0 N–H and O–H groups in total. The van der Waals surface area contributed by atoms with Gasteiger partial charge in [-0.3, -0.25) is 0 Å². The van der Waals surface area contributed by atoms with E-state index in [1.165, 1.54) is 0 Å². The Hall–Kier alpha value is -2.56. The van der Waals surface area contributed by atoms with Crippen LogP contribution in [-0.2, 0) is 23.7 Å². The fraction of sp³-hybridized carbons (Fsp3) is 0.500. The Balaban J connectivity index is 1.41. The van der Waals surface area contributed by atoms with Gasteiger partial charge in [-0.25, -0.2) is 9.97 Å². The molecule has 1 aromatic carbocycles. The number of hydrogen-bond acceptors (Lipinski definition) is 9. The maximum atomic E-state index is 5.78. The Morgan fingerprint density at radius 3 is 1.06 bits per heavy atom. The minimum absolute atomic E-state index is 0.397. The summed E-state index contributed by atoms with van der Waals surface area (Å²) in [6.45, 7) is 5.79. The summed E-state index contributed by atoms with van der Waals surface area (Å²) in [4.78, 5) is 9.35. The van der Waals surface area contributed by atoms with E-state index in [0.29, 0.717) is 91.0 Å². The van der Waals surface area contributed by atoms with Gasteiger partial charge in [-0.05, 0) is 12.1 Å². The van der Waals surface area contributed by atoms with Crippen molar-refractivity contribution in [2.75, 3.05) is 79.3 Å². The summed E-state index contributed by atoms with van der Waals surface area (Å²) in [6.07, 6.45) is 0. The Morgan fingerprint density at radius 1 is 0.394 bits per heavy atom. The van der Waals surface area contributed by atoms with E-state index in [0.717, 1.165) is 21.8 Å². The molecule has 4 rings (SSSR count). The molecule has 9 nitrogen and oxygen atoms in total. The molecule has 33 heavy (non-hydrogen) atoms. The largest absolute Gasteiger partial charge is 0.475 e. The van der Waals surface area contributed by atoms with E-state index in [9.17, 15) is 0 Å². The molecule has 3 aromatic rings. The second kappa shape index (κ2) is 13.2. The van der Waals surface area contributed by atoms with Crippen LogP contribution in [0.2, 0.25) is 0 Å². The van der Waals surface area contributed by atoms with Gasteiger partial charge in [0.05, 0.1) is 66.1 Å². The highest BCUT2D eigenvalue weighted by Crippen LogP contribution is 2.26. The second-order valence-electron chi connectivity index (χ2n) is 7.27. The van der Waals surface area contributed by atoms with E-state index in [2.05, 4.69) is 9.97 Å². The molecule has 178 valence electrons. The molecule has 0 unspecified atom stereocenters. The van der Waals surface area contributed by atoms with Gasteiger partial charge in [-0.2, -0.15) is 0 Å². The van der Waals surface area contributed by atoms with Gasteiger partial charge in [0.25, 0.3) is 0 Å². The third-order valence-corrected chi connectivity index (χ3v) is 4.91. The number of ether oxygens (including phenoxy) is 7. The summed E-state index contributed by atoms with van der Waals surface area (Å²) < 4.78 is 39.1. The highest BCUT2D eigenvalue weighted by atomic mass is 16.6. The molecule has 0 saturated heterocycles. The van der Waals surface area contributed by atoms with Gasteiger partial charge >= 0.3 is 0 Å². The second-order valence-corrected chi connectivity index (χ2v) is 7.27. The topological polar surface area (TPSA) is 90.4 Å². The molecule has 2 aromatic heterocycles. The Kier molecular flexibility index (Phi) is 9.45. The number of pyridine rings is 2. The van der Waals surface area contributed by atoms with Crippen LogP contribution in [0, 0.1) is 0 Å². The zero-order valence-corrected chi connectivity index (χ0v) is 18.7. The molecule has 1 aliphatic heterocycles. The highest BCUT2D eigenvalue weighted by molar-refractivity contribution is 6.03. The van der Waals surface area contributed by atoms with Gasteiger partial charge in [0.15, 0.2) is 0 Å². The molecule has 0 amide bonds. The van der Waals surface area contributed by atoms with Crippen LogP contribution >= 0.6 is 0 Å². The lowest BCUT2D eigenvalue weighted by Crippen LogP contribution is -2.15. The molecular weight excluding hydrogens is 428 g/mol. The zero-order chi connectivity index (χ0) is 22.6. The maximum Gasteiger partial charge on any atom is 0.213 e. The van der Waals surface area contributed by atoms with E-state index >= 15 is 0 Å². The first-order valence-electron chi connectivity index (χ1n) is 11.2. The SMILES string of the molecule is c1cc2ccc3ccc4nc3c2nc1OCCOCCOCCOCCOCCOCCO4. The van der Waals surface area contributed by atoms with E-state index in [-0.39, 0.29) is 0 Å². The number of benzene rings is 1. The number of hydrogen-bond donors (Lipinski definition) is 0. The van der Waals surface area contributed by atoms with Crippen molar-refractivity contribution >= 4 is 21.8 Å². The standard InChI is InChI=1S/C24H30N2O7/c1-2-20-4-6-22-26-24(20)23-19(1)3-5-21(25-23)32-17-15-30-13-11-28-9-7-27-8-10-29-12-14-31-16-18-33-22/h1-6H,7-18H2. The van der Waals surface area contributed by atoms with Gasteiger partial charge in [-0.15, -0.1) is 0 Å². The predicted molar refractivity (Wildman–Crippen MR) is 122 cm³/mol. The van der Waals surface area contributed by atoms with Crippen molar-refractivity contribution in [3.8, 4) is 11.8 Å². The van der Waals surface area contributed by atoms with Crippen LogP contribution in [0.15, 0.2) is 36.4 Å². The minimum atomic E-state index is 0.397. The molecular formula is C24H30N2O7. The lowest BCUT2D eigenvalue weighted by atomic mass is 10.1. The Labute approximate surface area is 192 Å². The van der Waals surface area contributed by atoms with Gasteiger partial charge in [-0.1, -0.05) is 12.1 Å². The Morgan fingerprint density at radius 2 is 0.697 bits per heavy atom. The van der Waals surface area contributed by atoms with Crippen LogP contribution in [0.3, 0.4) is 0 Å². The van der Waals surface area contributed by atoms with Crippen molar-refractivity contribution in [2.24, 2.45) is 0 Å². The van der Waals surface area contributed by atoms with Crippen LogP contribution in [0.5, 0.6) is 11.8 Å². The molecule has 0 atom stereocenters. The molecule has 9 heteroatoms. The van der Waals surface area contributed by atoms with E-state index in [1.54, 1.807) is 0 Å². The summed E-state index contributed by atoms with van der Waals surface area (Å²) >= 11 is 0. The summed E-state index contributed by atoms with van der Waals surface area (Å²) in [5.74, 6) is 1.06. The first kappa shape index (κ1) is 23.6. The molecule has 0 saturated carbocycles. The van der Waals surface area contributed by atoms with Gasteiger partial charge in [0, 0.05) is 22.9 Å². The molecule has 4 bridgehead atoms. The molecule has 0 fully saturated rings. The molecule has 0 aliphatic carbocycles. The lowest BCUT2D eigenvalue weighted by Gasteiger charge is -2.10. The van der Waals surface area contributed by atoms with Crippen LogP contribution in [-0.4, -0.2) is 89.3 Å². The van der Waals surface area contributed by atoms with Gasteiger partial charge in [0.2, 0.25) is 11.8 Å². The number of aromatic nitrogens is 2. The number of rotatable bonds is 0. The normalized spacial score (nSPS) is 18.5. The lowest BCUT2D eigenvalue weighted by molar-refractivity contribution is -0.0142. The predicted octanol–water partition coefficient (Wildman–Crippen LogP) is 2.64. The summed E-state index contributed by atoms with van der Waals surface area (Å²) in [5.41, 5.74) is 1.54. The average Bonchev–Trinajstić information content (AvgIpc) is 2.84. The van der Waals surface area contributed by atoms with Crippen LogP contribution in [0.25, 0.3) is 21.8 Å². The summed E-state index contributed by atoms with van der Waals surface area (Å²) in [7, 11) is 0. The van der Waals surface area contributed by atoms with Gasteiger partial charge in [0.1, 0.15) is 24.2 Å². The zero-order valence-electron chi connectivity index (χ0n) is 18.7. The third-order valence-electron chi connectivity index (χ3n) is 4.91. The van der Waals surface area contributed by atoms with E-state index in [4.69, 9.17) is 33.2 Å². The van der Waals surface area contributed by atoms with Crippen molar-refractivity contribution in [1.82, 2.24) is 9.97 Å². The Bertz CT molecular complexity index is 922. The summed E-state index contributed by atoms with van der Waals surface area (Å²) in [6, 6.07) is 11.7. The first-order valence-corrected chi connectivity index (χ1v) is 11.2. The average molecular weight is 459 g/mol. The number of fused-ring (bicyclic) bond motifs is 2. The molecule has 1 aliphatic rings. The number of nitrogens with zero attached hydrogens (tertiary/aromatic N) is 2. The first-order chi connectivity index (χ1) is 16.4. The van der Waals surface area contributed by atoms with E-state index in [1.807, 2.05) is 36.4 Å². The molecule has 0 radical (unpaired) electrons. The van der Waals surface area contributed by atoms with E-state index < -0.39 is 0 Å². The van der Waals surface area contributed by atoms with Crippen LogP contribution in [0.1, 0.15) is 0 Å². The van der Waals surface area contributed by atoms with Crippen molar-refractivity contribution in [2.45, 2.75) is 0 Å². The fourth-order valence-corrected chi connectivity index (χ4v) is 3.28. The van der Waals surface area contributed by atoms with Crippen molar-refractivity contribution in [1.29, 1.82) is 0 Å². The fourth-order valence-electron chi connectivity index (χ4n) is 3.28. The third kappa shape index (κ3) is 7.48. The molecule has 0 spiro atoms. The smallest absolute Gasteiger partial charge is 0.213 e. The van der Waals surface area contributed by atoms with Crippen LogP contribution < -0.4 is 9.47 Å². The minimum Gasteiger partial charge on any atom is -0.475 e. The van der Waals surface area contributed by atoms with Gasteiger partial charge < -0.3 is 33.2 Å². The summed E-state index contributed by atoms with van der Waals surface area (Å²) in [5, 5.41) is 1.97. The monoisotopic (exact) mass is 458 g/mol. The van der Waals surface area contributed by atoms with Crippen molar-refractivity contribution in [3.05, 3.63) is 36.4 Å². The van der Waals surface area contributed by atoms with Crippen molar-refractivity contribution < 1.29 is 33.2 Å².